The molecule has 1 aromatic rings. The average molecular weight is 237 g/mol. The molecule has 0 saturated heterocycles. The Balaban J connectivity index is 2.53. The van der Waals surface area contributed by atoms with Gasteiger partial charge in [0.1, 0.15) is 12.4 Å². The Morgan fingerprint density at radius 2 is 1.94 bits per heavy atom. The average Bonchev–Trinajstić information content (AvgIpc) is 2.36. The third-order valence-electron chi connectivity index (χ3n) is 2.35. The molecule has 0 amide bonds. The predicted octanol–water partition coefficient (Wildman–Crippen LogP) is 1.98. The van der Waals surface area contributed by atoms with Crippen molar-refractivity contribution in [2.45, 2.75) is 26.3 Å². The van der Waals surface area contributed by atoms with Gasteiger partial charge < -0.3 is 15.2 Å². The molecule has 2 N–H and O–H groups in total. The Hall–Kier alpha value is -1.55. The SMILES string of the molecule is CCOC(=O)c1ccc(OCC(N)CC)cc1. The summed E-state index contributed by atoms with van der Waals surface area (Å²) < 4.78 is 10.4. The van der Waals surface area contributed by atoms with E-state index < -0.39 is 0 Å². The molecule has 1 aromatic carbocycles. The summed E-state index contributed by atoms with van der Waals surface area (Å²) in [5, 5.41) is 0. The molecule has 0 aliphatic carbocycles. The van der Waals surface area contributed by atoms with E-state index in [0.29, 0.717) is 24.5 Å². The number of ether oxygens (including phenoxy) is 2. The lowest BCUT2D eigenvalue weighted by atomic mass is 10.2. The molecule has 1 atom stereocenters. The molecule has 4 nitrogen and oxygen atoms in total. The van der Waals surface area contributed by atoms with Crippen molar-refractivity contribution >= 4 is 5.97 Å². The van der Waals surface area contributed by atoms with E-state index in [9.17, 15) is 4.79 Å². The zero-order valence-corrected chi connectivity index (χ0v) is 10.3. The second-order valence-electron chi connectivity index (χ2n) is 3.72. The van der Waals surface area contributed by atoms with E-state index >= 15 is 0 Å². The molecule has 94 valence electrons. The van der Waals surface area contributed by atoms with Crippen molar-refractivity contribution in [3.8, 4) is 5.75 Å². The van der Waals surface area contributed by atoms with Gasteiger partial charge in [0.15, 0.2) is 0 Å². The van der Waals surface area contributed by atoms with Gasteiger partial charge in [0.2, 0.25) is 0 Å². The molecular formula is C13H19NO3. The van der Waals surface area contributed by atoms with E-state index in [1.165, 1.54) is 0 Å². The number of hydrogen-bond donors (Lipinski definition) is 1. The molecule has 0 spiro atoms. The van der Waals surface area contributed by atoms with Crippen molar-refractivity contribution in [2.24, 2.45) is 5.73 Å². The Bertz CT molecular complexity index is 348. The highest BCUT2D eigenvalue weighted by molar-refractivity contribution is 5.89. The van der Waals surface area contributed by atoms with Crippen molar-refractivity contribution in [2.75, 3.05) is 13.2 Å². The first-order chi connectivity index (χ1) is 8.17. The van der Waals surface area contributed by atoms with Crippen molar-refractivity contribution in [1.29, 1.82) is 0 Å². The monoisotopic (exact) mass is 237 g/mol. The Kier molecular flexibility index (Phi) is 5.49. The standard InChI is InChI=1S/C13H19NO3/c1-3-11(14)9-17-12-7-5-10(6-8-12)13(15)16-4-2/h5-8,11H,3-4,9,14H2,1-2H3. The lowest BCUT2D eigenvalue weighted by molar-refractivity contribution is 0.0526. The molecule has 0 fully saturated rings. The summed E-state index contributed by atoms with van der Waals surface area (Å²) in [5.74, 6) is 0.395. The van der Waals surface area contributed by atoms with Crippen molar-refractivity contribution in [3.63, 3.8) is 0 Å². The summed E-state index contributed by atoms with van der Waals surface area (Å²) in [4.78, 5) is 11.4. The van der Waals surface area contributed by atoms with Crippen LogP contribution in [0.2, 0.25) is 0 Å². The topological polar surface area (TPSA) is 61.5 Å². The molecule has 1 unspecified atom stereocenters. The second-order valence-corrected chi connectivity index (χ2v) is 3.72. The predicted molar refractivity (Wildman–Crippen MR) is 66.2 cm³/mol. The lowest BCUT2D eigenvalue weighted by Gasteiger charge is -2.11. The number of carbonyl (C=O) groups is 1. The molecule has 0 aromatic heterocycles. The number of rotatable bonds is 6. The first-order valence-electron chi connectivity index (χ1n) is 5.83. The normalized spacial score (nSPS) is 11.9. The van der Waals surface area contributed by atoms with Crippen molar-refractivity contribution in [3.05, 3.63) is 29.8 Å². The largest absolute Gasteiger partial charge is 0.492 e. The molecule has 0 bridgehead atoms. The van der Waals surface area contributed by atoms with Crippen molar-refractivity contribution < 1.29 is 14.3 Å². The fraction of sp³-hybridized carbons (Fsp3) is 0.462. The number of hydrogen-bond acceptors (Lipinski definition) is 4. The van der Waals surface area contributed by atoms with Gasteiger partial charge in [-0.25, -0.2) is 4.79 Å². The fourth-order valence-electron chi connectivity index (χ4n) is 1.22. The molecule has 17 heavy (non-hydrogen) atoms. The lowest BCUT2D eigenvalue weighted by Crippen LogP contribution is -2.26. The maximum Gasteiger partial charge on any atom is 0.338 e. The molecule has 0 saturated carbocycles. The van der Waals surface area contributed by atoms with Gasteiger partial charge >= 0.3 is 5.97 Å². The number of benzene rings is 1. The van der Waals surface area contributed by atoms with Crippen LogP contribution in [0.4, 0.5) is 0 Å². The molecule has 0 heterocycles. The van der Waals surface area contributed by atoms with E-state index in [2.05, 4.69) is 0 Å². The smallest absolute Gasteiger partial charge is 0.338 e. The summed E-state index contributed by atoms with van der Waals surface area (Å²) in [5.41, 5.74) is 6.27. The van der Waals surface area contributed by atoms with Gasteiger partial charge in [-0.2, -0.15) is 0 Å². The van der Waals surface area contributed by atoms with Gasteiger partial charge in [0.25, 0.3) is 0 Å². The van der Waals surface area contributed by atoms with Crippen molar-refractivity contribution in [1.82, 2.24) is 0 Å². The van der Waals surface area contributed by atoms with Crippen LogP contribution in [-0.2, 0) is 4.74 Å². The quantitative estimate of drug-likeness (QED) is 0.768. The molecule has 1 rings (SSSR count). The zero-order chi connectivity index (χ0) is 12.7. The van der Waals surface area contributed by atoms with Gasteiger partial charge in [0, 0.05) is 6.04 Å². The van der Waals surface area contributed by atoms with Crippen LogP contribution in [-0.4, -0.2) is 25.2 Å². The first kappa shape index (κ1) is 13.5. The highest BCUT2D eigenvalue weighted by Gasteiger charge is 2.06. The summed E-state index contributed by atoms with van der Waals surface area (Å²) in [6, 6.07) is 6.90. The molecule has 0 aliphatic rings. The van der Waals surface area contributed by atoms with Crippen LogP contribution < -0.4 is 10.5 Å². The number of nitrogens with two attached hydrogens (primary N) is 1. The van der Waals surface area contributed by atoms with Gasteiger partial charge in [-0.3, -0.25) is 0 Å². The molecule has 0 aliphatic heterocycles. The minimum atomic E-state index is -0.315. The first-order valence-corrected chi connectivity index (χ1v) is 5.83. The Labute approximate surface area is 102 Å². The third kappa shape index (κ3) is 4.44. The molecular weight excluding hydrogens is 218 g/mol. The van der Waals surface area contributed by atoms with Gasteiger partial charge in [-0.1, -0.05) is 6.92 Å². The van der Waals surface area contributed by atoms with E-state index in [1.807, 2.05) is 6.92 Å². The van der Waals surface area contributed by atoms with Crippen LogP contribution in [0.15, 0.2) is 24.3 Å². The van der Waals surface area contributed by atoms with Crippen LogP contribution in [0.1, 0.15) is 30.6 Å². The summed E-state index contributed by atoms with van der Waals surface area (Å²) in [6.07, 6.45) is 0.876. The molecule has 0 radical (unpaired) electrons. The summed E-state index contributed by atoms with van der Waals surface area (Å²) in [6.45, 7) is 4.65. The minimum Gasteiger partial charge on any atom is -0.492 e. The van der Waals surface area contributed by atoms with E-state index in [1.54, 1.807) is 31.2 Å². The van der Waals surface area contributed by atoms with Crippen LogP contribution >= 0.6 is 0 Å². The van der Waals surface area contributed by atoms with E-state index in [4.69, 9.17) is 15.2 Å². The van der Waals surface area contributed by atoms with E-state index in [-0.39, 0.29) is 12.0 Å². The number of carbonyl (C=O) groups excluding carboxylic acids is 1. The van der Waals surface area contributed by atoms with Gasteiger partial charge in [0.05, 0.1) is 12.2 Å². The minimum absolute atomic E-state index is 0.0414. The van der Waals surface area contributed by atoms with E-state index in [0.717, 1.165) is 6.42 Å². The molecule has 4 heteroatoms. The third-order valence-corrected chi connectivity index (χ3v) is 2.35. The zero-order valence-electron chi connectivity index (χ0n) is 10.3. The van der Waals surface area contributed by atoms with Crippen LogP contribution in [0.3, 0.4) is 0 Å². The summed E-state index contributed by atoms with van der Waals surface area (Å²) >= 11 is 0. The maximum absolute atomic E-state index is 11.4. The van der Waals surface area contributed by atoms with Crippen LogP contribution in [0, 0.1) is 0 Å². The van der Waals surface area contributed by atoms with Crippen LogP contribution in [0.25, 0.3) is 0 Å². The number of esters is 1. The second kappa shape index (κ2) is 6.91. The maximum atomic E-state index is 11.4. The Morgan fingerprint density at radius 3 is 2.47 bits per heavy atom. The van der Waals surface area contributed by atoms with Gasteiger partial charge in [-0.15, -0.1) is 0 Å². The highest BCUT2D eigenvalue weighted by Crippen LogP contribution is 2.13. The Morgan fingerprint density at radius 1 is 1.29 bits per heavy atom. The van der Waals surface area contributed by atoms with Gasteiger partial charge in [-0.05, 0) is 37.6 Å². The highest BCUT2D eigenvalue weighted by atomic mass is 16.5. The van der Waals surface area contributed by atoms with Crippen LogP contribution in [0.5, 0.6) is 5.75 Å². The fourth-order valence-corrected chi connectivity index (χ4v) is 1.22. The summed E-state index contributed by atoms with van der Waals surface area (Å²) in [7, 11) is 0.